The van der Waals surface area contributed by atoms with Gasteiger partial charge in [-0.1, -0.05) is 168 Å². The standard InChI is InChI=1S/C50H91N5O12S/c1-3-5-7-9-11-13-15-17-19-21-23-25-27-29-46(61)66-38-40(67-47(62)30-28-26-24-22-20-18-16-14-12-10-8-6-4-2)39-68-36-34-43(57)55-50(52,35-33-45(59)60)49(65)53-37-44(58)54-41(48(63)64)31-32-42(51)56/h40-41H,3-39,52H2,1-2H3,(H2,51,56)(H,53,65)(H,54,58)(H,55,57)(H,59,60)(H,63,64)/t40-,41?,50-/m1/s1. The van der Waals surface area contributed by atoms with E-state index < -0.39 is 72.8 Å². The largest absolute Gasteiger partial charge is 0.481 e. The Balaban J connectivity index is 5.09. The number of nitrogens with two attached hydrogens (primary N) is 2. The smallest absolute Gasteiger partial charge is 0.326 e. The minimum Gasteiger partial charge on any atom is -0.481 e. The fourth-order valence-corrected chi connectivity index (χ4v) is 8.45. The third-order valence-corrected chi connectivity index (χ3v) is 12.8. The van der Waals surface area contributed by atoms with Crippen molar-refractivity contribution in [1.29, 1.82) is 0 Å². The molecule has 394 valence electrons. The second-order valence-corrected chi connectivity index (χ2v) is 19.3. The number of carboxylic acid groups (broad SMARTS) is 2. The van der Waals surface area contributed by atoms with Gasteiger partial charge in [-0.2, -0.15) is 11.8 Å². The van der Waals surface area contributed by atoms with Gasteiger partial charge < -0.3 is 47.1 Å². The first-order chi connectivity index (χ1) is 32.6. The molecule has 1 unspecified atom stereocenters. The van der Waals surface area contributed by atoms with Crippen LogP contribution in [0.15, 0.2) is 0 Å². The van der Waals surface area contributed by atoms with E-state index in [-0.39, 0.29) is 62.2 Å². The molecule has 0 aliphatic carbocycles. The van der Waals surface area contributed by atoms with Crippen LogP contribution in [-0.2, 0) is 47.8 Å². The highest BCUT2D eigenvalue weighted by Crippen LogP contribution is 2.17. The lowest BCUT2D eigenvalue weighted by Crippen LogP contribution is -2.66. The van der Waals surface area contributed by atoms with Crippen molar-refractivity contribution in [2.24, 2.45) is 11.5 Å². The number of nitrogens with one attached hydrogen (secondary N) is 3. The molecule has 0 fully saturated rings. The third-order valence-electron chi connectivity index (χ3n) is 11.7. The molecular weight excluding hydrogens is 895 g/mol. The maximum Gasteiger partial charge on any atom is 0.326 e. The summed E-state index contributed by atoms with van der Waals surface area (Å²) in [5.74, 6) is -6.60. The summed E-state index contributed by atoms with van der Waals surface area (Å²) in [5, 5.41) is 25.3. The Kier molecular flexibility index (Phi) is 40.6. The molecule has 0 spiro atoms. The molecule has 0 radical (unpaired) electrons. The van der Waals surface area contributed by atoms with Crippen molar-refractivity contribution in [1.82, 2.24) is 16.0 Å². The van der Waals surface area contributed by atoms with Crippen LogP contribution in [0, 0.1) is 0 Å². The number of unbranched alkanes of at least 4 members (excludes halogenated alkanes) is 24. The molecule has 3 atom stereocenters. The van der Waals surface area contributed by atoms with Gasteiger partial charge in [-0.15, -0.1) is 0 Å². The van der Waals surface area contributed by atoms with Crippen molar-refractivity contribution in [3.63, 3.8) is 0 Å². The number of carbonyl (C=O) groups excluding carboxylic acids is 6. The molecule has 0 rings (SSSR count). The van der Waals surface area contributed by atoms with E-state index in [0.29, 0.717) is 12.8 Å². The first-order valence-corrected chi connectivity index (χ1v) is 27.1. The number of aliphatic carboxylic acids is 2. The predicted molar refractivity (Wildman–Crippen MR) is 266 cm³/mol. The molecule has 0 saturated carbocycles. The molecule has 0 heterocycles. The molecule has 17 nitrogen and oxygen atoms in total. The Morgan fingerprint density at radius 3 is 1.49 bits per heavy atom. The minimum absolute atomic E-state index is 0.131. The number of esters is 2. The van der Waals surface area contributed by atoms with Gasteiger partial charge in [0, 0.05) is 50.0 Å². The number of ether oxygens (including phenoxy) is 2. The molecule has 9 N–H and O–H groups in total. The first-order valence-electron chi connectivity index (χ1n) is 26.0. The quantitative estimate of drug-likeness (QED) is 0.0172. The monoisotopic (exact) mass is 986 g/mol. The molecule has 0 aromatic heterocycles. The Morgan fingerprint density at radius 1 is 0.588 bits per heavy atom. The lowest BCUT2D eigenvalue weighted by atomic mass is 10.0. The van der Waals surface area contributed by atoms with Crippen molar-refractivity contribution in [3.8, 4) is 0 Å². The van der Waals surface area contributed by atoms with Gasteiger partial charge >= 0.3 is 23.9 Å². The average molecular weight is 986 g/mol. The van der Waals surface area contributed by atoms with Crippen LogP contribution in [-0.4, -0.2) is 100 Å². The van der Waals surface area contributed by atoms with Crippen molar-refractivity contribution in [3.05, 3.63) is 0 Å². The van der Waals surface area contributed by atoms with Crippen LogP contribution in [0.25, 0.3) is 0 Å². The zero-order valence-corrected chi connectivity index (χ0v) is 42.7. The number of hydrogen-bond donors (Lipinski definition) is 7. The van der Waals surface area contributed by atoms with Crippen LogP contribution in [0.2, 0.25) is 0 Å². The summed E-state index contributed by atoms with van der Waals surface area (Å²) in [5.41, 5.74) is 9.01. The number of hydrogen-bond acceptors (Lipinski definition) is 12. The fourth-order valence-electron chi connectivity index (χ4n) is 7.53. The molecular formula is C50H91N5O12S. The van der Waals surface area contributed by atoms with Crippen LogP contribution >= 0.6 is 11.8 Å². The Labute approximate surface area is 411 Å². The van der Waals surface area contributed by atoms with Gasteiger partial charge in [0.15, 0.2) is 5.66 Å². The fraction of sp³-hybridized carbons (Fsp3) is 0.840. The van der Waals surface area contributed by atoms with Crippen LogP contribution < -0.4 is 27.4 Å². The summed E-state index contributed by atoms with van der Waals surface area (Å²) in [4.78, 5) is 98.0. The highest BCUT2D eigenvalue weighted by Gasteiger charge is 2.36. The Hall–Kier alpha value is -3.93. The van der Waals surface area contributed by atoms with E-state index in [1.54, 1.807) is 0 Å². The van der Waals surface area contributed by atoms with Crippen LogP contribution in [0.4, 0.5) is 0 Å². The Morgan fingerprint density at radius 2 is 1.04 bits per heavy atom. The van der Waals surface area contributed by atoms with Crippen molar-refractivity contribution in [2.45, 2.75) is 244 Å². The molecule has 0 aliphatic heterocycles. The number of carbonyl (C=O) groups is 8. The molecule has 18 heteroatoms. The van der Waals surface area contributed by atoms with Gasteiger partial charge in [0.05, 0.1) is 6.54 Å². The zero-order valence-electron chi connectivity index (χ0n) is 41.9. The van der Waals surface area contributed by atoms with Crippen molar-refractivity contribution >= 4 is 59.3 Å². The van der Waals surface area contributed by atoms with E-state index in [4.69, 9.17) is 20.9 Å². The minimum atomic E-state index is -2.24. The summed E-state index contributed by atoms with van der Waals surface area (Å²) in [7, 11) is 0. The highest BCUT2D eigenvalue weighted by molar-refractivity contribution is 7.99. The van der Waals surface area contributed by atoms with Gasteiger partial charge in [-0.25, -0.2) is 4.79 Å². The topological polar surface area (TPSA) is 284 Å². The summed E-state index contributed by atoms with van der Waals surface area (Å²) in [6, 6.07) is -1.47. The van der Waals surface area contributed by atoms with Crippen molar-refractivity contribution < 1.29 is 58.0 Å². The van der Waals surface area contributed by atoms with Gasteiger partial charge in [-0.3, -0.25) is 33.6 Å². The van der Waals surface area contributed by atoms with Crippen LogP contribution in [0.1, 0.15) is 226 Å². The number of primary amides is 1. The van der Waals surface area contributed by atoms with Crippen molar-refractivity contribution in [2.75, 3.05) is 24.7 Å². The van der Waals surface area contributed by atoms with Gasteiger partial charge in [0.2, 0.25) is 17.7 Å². The lowest BCUT2D eigenvalue weighted by molar-refractivity contribution is -0.157. The Bertz CT molecular complexity index is 1420. The second kappa shape index (κ2) is 43.1. The zero-order chi connectivity index (χ0) is 50.7. The normalized spacial score (nSPS) is 12.9. The molecule has 0 saturated heterocycles. The first kappa shape index (κ1) is 64.1. The second-order valence-electron chi connectivity index (χ2n) is 18.2. The number of thioether (sulfide) groups is 1. The van der Waals surface area contributed by atoms with E-state index in [2.05, 4.69) is 29.8 Å². The number of carboxylic acids is 2. The molecule has 0 bridgehead atoms. The molecule has 68 heavy (non-hydrogen) atoms. The predicted octanol–water partition coefficient (Wildman–Crippen LogP) is 8.11. The molecule has 4 amide bonds. The summed E-state index contributed by atoms with van der Waals surface area (Å²) in [6.07, 6.45) is 28.7. The van der Waals surface area contributed by atoms with Gasteiger partial charge in [0.1, 0.15) is 18.8 Å². The summed E-state index contributed by atoms with van der Waals surface area (Å²) >= 11 is 1.25. The van der Waals surface area contributed by atoms with Gasteiger partial charge in [-0.05, 0) is 19.3 Å². The molecule has 0 aromatic carbocycles. The van der Waals surface area contributed by atoms with E-state index in [0.717, 1.165) is 38.5 Å². The number of amides is 4. The maximum atomic E-state index is 13.1. The van der Waals surface area contributed by atoms with E-state index >= 15 is 0 Å². The van der Waals surface area contributed by atoms with E-state index in [1.807, 2.05) is 0 Å². The molecule has 0 aromatic rings. The highest BCUT2D eigenvalue weighted by atomic mass is 32.2. The maximum absolute atomic E-state index is 13.1. The average Bonchev–Trinajstić information content (AvgIpc) is 3.29. The SMILES string of the molecule is CCCCCCCCCCCCCCCC(=O)OC[C@H](CSCCC(=O)N[C@](N)(CCC(=O)O)C(=O)NCC(=O)NC(CCC(N)=O)C(=O)O)OC(=O)CCCCCCCCCCCCCCC. The number of rotatable bonds is 48. The third kappa shape index (κ3) is 39.0. The molecule has 0 aliphatic rings. The van der Waals surface area contributed by atoms with E-state index in [1.165, 1.54) is 127 Å². The summed E-state index contributed by atoms with van der Waals surface area (Å²) in [6.45, 7) is 3.57. The summed E-state index contributed by atoms with van der Waals surface area (Å²) < 4.78 is 11.3. The lowest BCUT2D eigenvalue weighted by Gasteiger charge is -2.29. The van der Waals surface area contributed by atoms with Gasteiger partial charge in [0.25, 0.3) is 5.91 Å². The van der Waals surface area contributed by atoms with Crippen LogP contribution in [0.5, 0.6) is 0 Å². The van der Waals surface area contributed by atoms with Crippen LogP contribution in [0.3, 0.4) is 0 Å². The van der Waals surface area contributed by atoms with E-state index in [9.17, 15) is 48.6 Å².